The number of nitrogens with zero attached hydrogens (tertiary/aromatic N) is 1. The Hall–Kier alpha value is -1.88. The minimum Gasteiger partial charge on any atom is -0.479 e. The van der Waals surface area contributed by atoms with Crippen LogP contribution in [0.5, 0.6) is 0 Å². The summed E-state index contributed by atoms with van der Waals surface area (Å²) in [6, 6.07) is 8.88. The zero-order chi connectivity index (χ0) is 13.9. The molecule has 1 aromatic rings. The zero-order valence-electron chi connectivity index (χ0n) is 10.6. The van der Waals surface area contributed by atoms with Crippen molar-refractivity contribution in [3.8, 4) is 0 Å². The third-order valence-corrected chi connectivity index (χ3v) is 3.40. The summed E-state index contributed by atoms with van der Waals surface area (Å²) in [7, 11) is 1.50. The van der Waals surface area contributed by atoms with Gasteiger partial charge in [0.05, 0.1) is 0 Å². The zero-order valence-corrected chi connectivity index (χ0v) is 10.6. The molecule has 1 aromatic carbocycles. The van der Waals surface area contributed by atoms with Crippen LogP contribution < -0.4 is 0 Å². The highest BCUT2D eigenvalue weighted by Gasteiger charge is 2.47. The van der Waals surface area contributed by atoms with Gasteiger partial charge in [0.1, 0.15) is 0 Å². The number of benzene rings is 1. The molecule has 0 aliphatic carbocycles. The summed E-state index contributed by atoms with van der Waals surface area (Å²) < 4.78 is 0. The quantitative estimate of drug-likeness (QED) is 0.777. The standard InChI is InChI=1S/C13H17NO4/c1-9(10-7-5-4-6-8-10)14(3)13(2,11(15)16)12(17)18/h4-9H,1-3H3,(H,15,16)(H,17,18). The smallest absolute Gasteiger partial charge is 0.335 e. The van der Waals surface area contributed by atoms with Crippen molar-refractivity contribution in [1.82, 2.24) is 4.90 Å². The maximum atomic E-state index is 11.2. The number of hydrogen-bond donors (Lipinski definition) is 2. The Morgan fingerprint density at radius 2 is 1.61 bits per heavy atom. The molecule has 0 amide bonds. The summed E-state index contributed by atoms with van der Waals surface area (Å²) in [5.41, 5.74) is -1.08. The summed E-state index contributed by atoms with van der Waals surface area (Å²) in [4.78, 5) is 23.8. The molecule has 5 nitrogen and oxygen atoms in total. The molecule has 18 heavy (non-hydrogen) atoms. The minimum atomic E-state index is -1.95. The molecule has 0 spiro atoms. The number of carboxylic acids is 2. The fraction of sp³-hybridized carbons (Fsp3) is 0.385. The van der Waals surface area contributed by atoms with Crippen LogP contribution in [0.1, 0.15) is 25.5 Å². The van der Waals surface area contributed by atoms with Crippen molar-refractivity contribution in [1.29, 1.82) is 0 Å². The van der Waals surface area contributed by atoms with E-state index in [2.05, 4.69) is 0 Å². The molecule has 0 bridgehead atoms. The lowest BCUT2D eigenvalue weighted by Gasteiger charge is -2.35. The van der Waals surface area contributed by atoms with Crippen LogP contribution in [0.2, 0.25) is 0 Å². The van der Waals surface area contributed by atoms with Gasteiger partial charge in [-0.05, 0) is 26.5 Å². The lowest BCUT2D eigenvalue weighted by Crippen LogP contribution is -2.57. The lowest BCUT2D eigenvalue weighted by atomic mass is 9.96. The van der Waals surface area contributed by atoms with Crippen molar-refractivity contribution in [3.05, 3.63) is 35.9 Å². The third kappa shape index (κ3) is 2.36. The Morgan fingerprint density at radius 1 is 1.17 bits per heavy atom. The van der Waals surface area contributed by atoms with Gasteiger partial charge in [-0.15, -0.1) is 0 Å². The Morgan fingerprint density at radius 3 is 2.00 bits per heavy atom. The molecule has 2 N–H and O–H groups in total. The maximum Gasteiger partial charge on any atom is 0.335 e. The molecule has 0 aliphatic heterocycles. The van der Waals surface area contributed by atoms with E-state index in [1.54, 1.807) is 6.92 Å². The highest BCUT2D eigenvalue weighted by molar-refractivity contribution is 6.02. The number of carboxylic acid groups (broad SMARTS) is 2. The first-order valence-electron chi connectivity index (χ1n) is 5.56. The second-order valence-corrected chi connectivity index (χ2v) is 4.38. The second kappa shape index (κ2) is 5.18. The fourth-order valence-corrected chi connectivity index (χ4v) is 1.74. The highest BCUT2D eigenvalue weighted by atomic mass is 16.4. The first-order valence-corrected chi connectivity index (χ1v) is 5.56. The van der Waals surface area contributed by atoms with Crippen LogP contribution >= 0.6 is 0 Å². The van der Waals surface area contributed by atoms with Crippen molar-refractivity contribution in [2.45, 2.75) is 25.4 Å². The molecule has 1 atom stereocenters. The van der Waals surface area contributed by atoms with E-state index >= 15 is 0 Å². The van der Waals surface area contributed by atoms with Gasteiger partial charge in [0, 0.05) is 6.04 Å². The van der Waals surface area contributed by atoms with Gasteiger partial charge in [0.25, 0.3) is 0 Å². The van der Waals surface area contributed by atoms with Crippen LogP contribution in [-0.2, 0) is 9.59 Å². The first-order chi connectivity index (χ1) is 8.31. The molecular weight excluding hydrogens is 234 g/mol. The van der Waals surface area contributed by atoms with Crippen LogP contribution in [0.4, 0.5) is 0 Å². The average molecular weight is 251 g/mol. The van der Waals surface area contributed by atoms with Gasteiger partial charge in [-0.2, -0.15) is 0 Å². The van der Waals surface area contributed by atoms with Crippen LogP contribution in [0.15, 0.2) is 30.3 Å². The van der Waals surface area contributed by atoms with Gasteiger partial charge in [-0.3, -0.25) is 4.90 Å². The molecule has 0 saturated carbocycles. The highest BCUT2D eigenvalue weighted by Crippen LogP contribution is 2.26. The molecule has 0 saturated heterocycles. The van der Waals surface area contributed by atoms with E-state index in [1.165, 1.54) is 18.9 Å². The molecular formula is C13H17NO4. The Bertz CT molecular complexity index is 430. The van der Waals surface area contributed by atoms with Gasteiger partial charge in [-0.25, -0.2) is 9.59 Å². The van der Waals surface area contributed by atoms with E-state index in [1.807, 2.05) is 30.3 Å². The van der Waals surface area contributed by atoms with E-state index in [4.69, 9.17) is 10.2 Å². The molecule has 98 valence electrons. The number of rotatable bonds is 5. The Kier molecular flexibility index (Phi) is 4.08. The van der Waals surface area contributed by atoms with Gasteiger partial charge in [-0.1, -0.05) is 30.3 Å². The first kappa shape index (κ1) is 14.2. The number of carbonyl (C=O) groups is 2. The number of likely N-dealkylation sites (N-methyl/N-ethyl adjacent to an activating group) is 1. The van der Waals surface area contributed by atoms with Gasteiger partial charge in [0.15, 0.2) is 0 Å². The van der Waals surface area contributed by atoms with Crippen LogP contribution in [0.3, 0.4) is 0 Å². The van der Waals surface area contributed by atoms with Gasteiger partial charge in [0.2, 0.25) is 5.54 Å². The van der Waals surface area contributed by atoms with E-state index in [0.717, 1.165) is 5.56 Å². The van der Waals surface area contributed by atoms with Crippen molar-refractivity contribution in [3.63, 3.8) is 0 Å². The maximum absolute atomic E-state index is 11.2. The van der Waals surface area contributed by atoms with Crippen molar-refractivity contribution in [2.75, 3.05) is 7.05 Å². The normalized spacial score (nSPS) is 13.3. The fourth-order valence-electron chi connectivity index (χ4n) is 1.74. The van der Waals surface area contributed by atoms with E-state index in [-0.39, 0.29) is 6.04 Å². The summed E-state index contributed by atoms with van der Waals surface area (Å²) >= 11 is 0. The average Bonchev–Trinajstić information content (AvgIpc) is 2.36. The predicted molar refractivity (Wildman–Crippen MR) is 66.3 cm³/mol. The SMILES string of the molecule is CC(c1ccccc1)N(C)C(C)(C(=O)O)C(=O)O. The third-order valence-electron chi connectivity index (χ3n) is 3.40. The summed E-state index contributed by atoms with van der Waals surface area (Å²) in [6.07, 6.45) is 0. The molecule has 0 aliphatic rings. The van der Waals surface area contributed by atoms with Gasteiger partial charge < -0.3 is 10.2 Å². The molecule has 5 heteroatoms. The van der Waals surface area contributed by atoms with Gasteiger partial charge >= 0.3 is 11.9 Å². The van der Waals surface area contributed by atoms with Crippen LogP contribution in [-0.4, -0.2) is 39.6 Å². The van der Waals surface area contributed by atoms with Crippen LogP contribution in [0.25, 0.3) is 0 Å². The minimum absolute atomic E-state index is 0.316. The van der Waals surface area contributed by atoms with Crippen LogP contribution in [0, 0.1) is 0 Å². The van der Waals surface area contributed by atoms with Crippen molar-refractivity contribution >= 4 is 11.9 Å². The number of aliphatic carboxylic acids is 2. The number of hydrogen-bond acceptors (Lipinski definition) is 3. The Labute approximate surface area is 106 Å². The van der Waals surface area contributed by atoms with E-state index < -0.39 is 17.5 Å². The van der Waals surface area contributed by atoms with Crippen molar-refractivity contribution < 1.29 is 19.8 Å². The Balaban J connectivity index is 3.09. The topological polar surface area (TPSA) is 77.8 Å². The lowest BCUT2D eigenvalue weighted by molar-refractivity contribution is -0.167. The van der Waals surface area contributed by atoms with Crippen molar-refractivity contribution in [2.24, 2.45) is 0 Å². The monoisotopic (exact) mass is 251 g/mol. The van der Waals surface area contributed by atoms with E-state index in [0.29, 0.717) is 0 Å². The summed E-state index contributed by atoms with van der Waals surface area (Å²) in [5, 5.41) is 18.3. The molecule has 1 unspecified atom stereocenters. The molecule has 0 heterocycles. The second-order valence-electron chi connectivity index (χ2n) is 4.38. The molecule has 0 radical (unpaired) electrons. The molecule has 0 aromatic heterocycles. The van der Waals surface area contributed by atoms with E-state index in [9.17, 15) is 9.59 Å². The predicted octanol–water partition coefficient (Wildman–Crippen LogP) is 1.61. The molecule has 1 rings (SSSR count). The largest absolute Gasteiger partial charge is 0.479 e. The summed E-state index contributed by atoms with van der Waals surface area (Å²) in [6.45, 7) is 2.97. The molecule has 0 fully saturated rings. The summed E-state index contributed by atoms with van der Waals surface area (Å²) in [5.74, 6) is -2.75.